The third-order valence-corrected chi connectivity index (χ3v) is 6.98. The topological polar surface area (TPSA) is 105 Å². The molecule has 0 saturated heterocycles. The lowest BCUT2D eigenvalue weighted by Crippen LogP contribution is -2.08. The van der Waals surface area contributed by atoms with E-state index in [0.29, 0.717) is 0 Å². The van der Waals surface area contributed by atoms with E-state index in [0.717, 1.165) is 0 Å². The highest BCUT2D eigenvalue weighted by Gasteiger charge is 2.43. The summed E-state index contributed by atoms with van der Waals surface area (Å²) in [5, 5.41) is -3.77. The van der Waals surface area contributed by atoms with Crippen molar-refractivity contribution in [3.8, 4) is 23.0 Å². The van der Waals surface area contributed by atoms with Gasteiger partial charge in [0.05, 0.1) is 0 Å². The molecule has 3 aromatic carbocycles. The maximum atomic E-state index is 14.9. The smallest absolute Gasteiger partial charge is 0.350 e. The highest BCUT2D eigenvalue weighted by Crippen LogP contribution is 2.53. The zero-order chi connectivity index (χ0) is 29.5. The Morgan fingerprint density at radius 2 is 0.650 bits per heavy atom. The SMILES string of the molecule is O=C1OC(=O)c2c(F)c(Oc3c(Cl)c(Cl)c(Oc4c(F)c(F)c5c(c4F)C(=O)OC5=O)c(Cl)c3Cl)c(F)c(F)c21. The molecule has 0 atom stereocenters. The molecule has 0 N–H and O–H groups in total. The van der Waals surface area contributed by atoms with Gasteiger partial charge in [-0.1, -0.05) is 46.4 Å². The number of rotatable bonds is 4. The van der Waals surface area contributed by atoms with Crippen LogP contribution in [0.1, 0.15) is 41.4 Å². The molecule has 8 nitrogen and oxygen atoms in total. The number of benzene rings is 3. The molecular weight excluding hydrogens is 648 g/mol. The van der Waals surface area contributed by atoms with Crippen molar-refractivity contribution in [2.75, 3.05) is 0 Å². The van der Waals surface area contributed by atoms with Crippen LogP contribution in [0, 0.1) is 34.9 Å². The maximum Gasteiger partial charge on any atom is 0.350 e. The molecule has 0 unspecified atom stereocenters. The lowest BCUT2D eigenvalue weighted by atomic mass is 10.1. The molecular formula is C22Cl4F6O8. The van der Waals surface area contributed by atoms with Crippen LogP contribution in [0.2, 0.25) is 20.1 Å². The second kappa shape index (κ2) is 9.44. The standard InChI is InChI=1S/C22Cl4F6O8/c23-5-7(25)16(38-18-12(30)4-2(10(28)14(18)32)20(34)40-22(4)36)8(26)6(24)15(5)37-17-11(29)3-1(9(27)13(17)31)19(33)39-21(3)35. The van der Waals surface area contributed by atoms with Gasteiger partial charge in [-0.2, -0.15) is 8.78 Å². The largest absolute Gasteiger partial charge is 0.448 e. The molecule has 2 aliphatic rings. The summed E-state index contributed by atoms with van der Waals surface area (Å²) < 4.78 is 106. The molecule has 0 bridgehead atoms. The molecule has 2 aliphatic heterocycles. The van der Waals surface area contributed by atoms with Gasteiger partial charge in [0.25, 0.3) is 0 Å². The molecule has 0 saturated carbocycles. The van der Waals surface area contributed by atoms with Crippen molar-refractivity contribution in [2.45, 2.75) is 0 Å². The van der Waals surface area contributed by atoms with Gasteiger partial charge < -0.3 is 18.9 Å². The number of fused-ring (bicyclic) bond motifs is 2. The van der Waals surface area contributed by atoms with E-state index in [-0.39, 0.29) is 0 Å². The lowest BCUT2D eigenvalue weighted by molar-refractivity contribution is 0.0422. The van der Waals surface area contributed by atoms with E-state index in [1.165, 1.54) is 0 Å². The van der Waals surface area contributed by atoms with Gasteiger partial charge in [0.1, 0.15) is 42.3 Å². The van der Waals surface area contributed by atoms with Gasteiger partial charge in [-0.15, -0.1) is 0 Å². The van der Waals surface area contributed by atoms with Gasteiger partial charge in [-0.25, -0.2) is 36.7 Å². The number of esters is 4. The van der Waals surface area contributed by atoms with Gasteiger partial charge in [0.2, 0.25) is 23.1 Å². The monoisotopic (exact) mass is 646 g/mol. The molecule has 0 aromatic heterocycles. The molecule has 0 spiro atoms. The summed E-state index contributed by atoms with van der Waals surface area (Å²) in [6.45, 7) is 0. The first-order chi connectivity index (χ1) is 18.7. The van der Waals surface area contributed by atoms with E-state index in [9.17, 15) is 45.5 Å². The van der Waals surface area contributed by atoms with E-state index in [2.05, 4.69) is 9.47 Å². The van der Waals surface area contributed by atoms with Crippen molar-refractivity contribution in [1.29, 1.82) is 0 Å². The summed E-state index contributed by atoms with van der Waals surface area (Å²) in [4.78, 5) is 46.6. The zero-order valence-corrected chi connectivity index (χ0v) is 21.1. The van der Waals surface area contributed by atoms with Crippen molar-refractivity contribution in [3.05, 3.63) is 77.2 Å². The summed E-state index contributed by atoms with van der Waals surface area (Å²) in [6, 6.07) is 0. The van der Waals surface area contributed by atoms with Crippen molar-refractivity contribution >= 4 is 70.3 Å². The van der Waals surface area contributed by atoms with Crippen LogP contribution in [-0.4, -0.2) is 23.9 Å². The van der Waals surface area contributed by atoms with Crippen LogP contribution in [-0.2, 0) is 9.47 Å². The predicted octanol–water partition coefficient (Wildman–Crippen LogP) is 7.34. The first kappa shape index (κ1) is 27.8. The Balaban J connectivity index is 1.63. The third-order valence-electron chi connectivity index (χ3n) is 5.34. The van der Waals surface area contributed by atoms with Gasteiger partial charge in [-0.05, 0) is 0 Å². The Labute approximate surface area is 234 Å². The number of cyclic esters (lactones) is 4. The maximum absolute atomic E-state index is 14.9. The van der Waals surface area contributed by atoms with Gasteiger partial charge in [-0.3, -0.25) is 0 Å². The minimum atomic E-state index is -2.14. The Morgan fingerprint density at radius 1 is 0.400 bits per heavy atom. The van der Waals surface area contributed by atoms with Crippen LogP contribution in [0.5, 0.6) is 23.0 Å². The number of ether oxygens (including phenoxy) is 4. The second-order valence-electron chi connectivity index (χ2n) is 7.51. The zero-order valence-electron chi connectivity index (χ0n) is 18.0. The van der Waals surface area contributed by atoms with E-state index in [1.54, 1.807) is 0 Å². The number of hydrogen-bond acceptors (Lipinski definition) is 8. The van der Waals surface area contributed by atoms with Crippen LogP contribution < -0.4 is 9.47 Å². The Kier molecular flexibility index (Phi) is 6.57. The first-order valence-electron chi connectivity index (χ1n) is 9.84. The van der Waals surface area contributed by atoms with E-state index in [1.807, 2.05) is 0 Å². The first-order valence-corrected chi connectivity index (χ1v) is 11.4. The molecule has 3 aromatic rings. The minimum Gasteiger partial charge on any atom is -0.448 e. The summed E-state index contributed by atoms with van der Waals surface area (Å²) in [6.07, 6.45) is 0. The van der Waals surface area contributed by atoms with E-state index in [4.69, 9.17) is 55.9 Å². The summed E-state index contributed by atoms with van der Waals surface area (Å²) in [5.74, 6) is -24.2. The Bertz CT molecular complexity index is 1640. The Hall–Kier alpha value is -3.72. The molecule has 0 fully saturated rings. The van der Waals surface area contributed by atoms with Crippen molar-refractivity contribution < 1.29 is 64.5 Å². The van der Waals surface area contributed by atoms with Gasteiger partial charge in [0, 0.05) is 0 Å². The van der Waals surface area contributed by atoms with Crippen molar-refractivity contribution in [2.24, 2.45) is 0 Å². The van der Waals surface area contributed by atoms with Crippen LogP contribution in [0.4, 0.5) is 26.3 Å². The molecule has 2 heterocycles. The minimum absolute atomic E-state index is 0.943. The normalized spacial score (nSPS) is 13.8. The molecule has 18 heteroatoms. The number of carbonyl (C=O) groups excluding carboxylic acids is 4. The predicted molar refractivity (Wildman–Crippen MR) is 119 cm³/mol. The average molecular weight is 648 g/mol. The van der Waals surface area contributed by atoms with Crippen LogP contribution in [0.15, 0.2) is 0 Å². The van der Waals surface area contributed by atoms with Crippen LogP contribution in [0.25, 0.3) is 0 Å². The molecule has 40 heavy (non-hydrogen) atoms. The van der Waals surface area contributed by atoms with Crippen LogP contribution in [0.3, 0.4) is 0 Å². The fourth-order valence-corrected chi connectivity index (χ4v) is 4.54. The van der Waals surface area contributed by atoms with Gasteiger partial charge in [0.15, 0.2) is 34.8 Å². The third kappa shape index (κ3) is 3.78. The summed E-state index contributed by atoms with van der Waals surface area (Å²) >= 11 is 24.0. The van der Waals surface area contributed by atoms with E-state index >= 15 is 0 Å². The highest BCUT2D eigenvalue weighted by molar-refractivity contribution is 6.50. The fraction of sp³-hybridized carbons (Fsp3) is 0. The van der Waals surface area contributed by atoms with Crippen molar-refractivity contribution in [1.82, 2.24) is 0 Å². The van der Waals surface area contributed by atoms with Gasteiger partial charge >= 0.3 is 23.9 Å². The average Bonchev–Trinajstić information content (AvgIpc) is 3.37. The van der Waals surface area contributed by atoms with E-state index < -0.39 is 124 Å². The fourth-order valence-electron chi connectivity index (χ4n) is 3.57. The molecule has 0 radical (unpaired) electrons. The number of hydrogen-bond donors (Lipinski definition) is 0. The Morgan fingerprint density at radius 3 is 0.925 bits per heavy atom. The summed E-state index contributed by atoms with van der Waals surface area (Å²) in [7, 11) is 0. The quantitative estimate of drug-likeness (QED) is 0.125. The second-order valence-corrected chi connectivity index (χ2v) is 9.03. The molecule has 0 amide bonds. The molecule has 0 aliphatic carbocycles. The molecule has 206 valence electrons. The summed E-state index contributed by atoms with van der Waals surface area (Å²) in [5.41, 5.74) is -5.32. The van der Waals surface area contributed by atoms with Crippen molar-refractivity contribution in [3.63, 3.8) is 0 Å². The number of halogens is 10. The number of carbonyl (C=O) groups is 4. The van der Waals surface area contributed by atoms with Crippen LogP contribution >= 0.6 is 46.4 Å². The molecule has 5 rings (SSSR count). The highest BCUT2D eigenvalue weighted by atomic mass is 35.5. The lowest BCUT2D eigenvalue weighted by Gasteiger charge is -2.18.